The van der Waals surface area contributed by atoms with Crippen molar-refractivity contribution in [1.29, 1.82) is 0 Å². The van der Waals surface area contributed by atoms with E-state index in [1.807, 2.05) is 32.0 Å². The molecule has 0 unspecified atom stereocenters. The van der Waals surface area contributed by atoms with Crippen molar-refractivity contribution >= 4 is 17.8 Å². The summed E-state index contributed by atoms with van der Waals surface area (Å²) >= 11 is 0. The third kappa shape index (κ3) is 4.22. The molecule has 30 heavy (non-hydrogen) atoms. The smallest absolute Gasteiger partial charge is 0.246 e. The lowest BCUT2D eigenvalue weighted by Crippen LogP contribution is -2.48. The van der Waals surface area contributed by atoms with Crippen molar-refractivity contribution in [2.45, 2.75) is 13.8 Å². The van der Waals surface area contributed by atoms with Crippen LogP contribution in [0.4, 0.5) is 10.2 Å². The summed E-state index contributed by atoms with van der Waals surface area (Å²) in [5, 5.41) is 13.1. The average molecular weight is 406 g/mol. The van der Waals surface area contributed by atoms with Gasteiger partial charge in [0.15, 0.2) is 11.6 Å². The van der Waals surface area contributed by atoms with E-state index >= 15 is 0 Å². The van der Waals surface area contributed by atoms with Crippen LogP contribution >= 0.6 is 0 Å². The van der Waals surface area contributed by atoms with Gasteiger partial charge in [0.1, 0.15) is 5.82 Å². The number of piperazine rings is 1. The third-order valence-electron chi connectivity index (χ3n) is 5.09. The maximum absolute atomic E-state index is 13.7. The fraction of sp³-hybridized carbons (Fsp3) is 0.273. The monoisotopic (exact) mass is 406 g/mol. The van der Waals surface area contributed by atoms with Crippen LogP contribution in [0.5, 0.6) is 0 Å². The topological polar surface area (TPSA) is 67.2 Å². The first-order valence-corrected chi connectivity index (χ1v) is 9.85. The van der Waals surface area contributed by atoms with Gasteiger partial charge in [0.25, 0.3) is 0 Å². The van der Waals surface area contributed by atoms with Crippen LogP contribution in [0.15, 0.2) is 48.5 Å². The SMILES string of the molecule is Cc1cc(C)n(-c2ccc(N3CCN(C(=O)/C=C/c4ccccc4F)CC3)nn2)n1. The Hall–Kier alpha value is -3.55. The van der Waals surface area contributed by atoms with Gasteiger partial charge in [-0.25, -0.2) is 9.07 Å². The number of rotatable bonds is 4. The molecule has 0 atom stereocenters. The molecule has 2 aromatic heterocycles. The highest BCUT2D eigenvalue weighted by molar-refractivity contribution is 5.92. The van der Waals surface area contributed by atoms with Gasteiger partial charge in [-0.05, 0) is 44.2 Å². The maximum atomic E-state index is 13.7. The van der Waals surface area contributed by atoms with Crippen molar-refractivity contribution in [1.82, 2.24) is 24.9 Å². The van der Waals surface area contributed by atoms with E-state index in [4.69, 9.17) is 0 Å². The van der Waals surface area contributed by atoms with E-state index in [0.717, 1.165) is 17.2 Å². The van der Waals surface area contributed by atoms with E-state index in [1.165, 1.54) is 18.2 Å². The second kappa shape index (κ2) is 8.44. The van der Waals surface area contributed by atoms with Gasteiger partial charge in [-0.1, -0.05) is 18.2 Å². The molecule has 1 aliphatic heterocycles. The zero-order chi connectivity index (χ0) is 21.1. The highest BCUT2D eigenvalue weighted by atomic mass is 19.1. The fourth-order valence-corrected chi connectivity index (χ4v) is 3.49. The summed E-state index contributed by atoms with van der Waals surface area (Å²) < 4.78 is 15.4. The lowest BCUT2D eigenvalue weighted by Gasteiger charge is -2.34. The van der Waals surface area contributed by atoms with Crippen molar-refractivity contribution in [2.24, 2.45) is 0 Å². The minimum Gasteiger partial charge on any atom is -0.352 e. The van der Waals surface area contributed by atoms with Gasteiger partial charge in [0.2, 0.25) is 5.91 Å². The maximum Gasteiger partial charge on any atom is 0.246 e. The predicted molar refractivity (Wildman–Crippen MR) is 113 cm³/mol. The lowest BCUT2D eigenvalue weighted by atomic mass is 10.2. The molecular weight excluding hydrogens is 383 g/mol. The number of carbonyl (C=O) groups is 1. The number of aromatic nitrogens is 4. The van der Waals surface area contributed by atoms with Gasteiger partial charge in [0.05, 0.1) is 5.69 Å². The first-order chi connectivity index (χ1) is 14.5. The summed E-state index contributed by atoms with van der Waals surface area (Å²) in [5.41, 5.74) is 2.34. The molecule has 8 heteroatoms. The molecule has 0 spiro atoms. The molecule has 7 nitrogen and oxygen atoms in total. The van der Waals surface area contributed by atoms with Gasteiger partial charge in [-0.15, -0.1) is 10.2 Å². The van der Waals surface area contributed by atoms with Crippen LogP contribution in [0, 0.1) is 19.7 Å². The number of benzene rings is 1. The van der Waals surface area contributed by atoms with Crippen LogP contribution in [-0.4, -0.2) is 57.0 Å². The van der Waals surface area contributed by atoms with Crippen molar-refractivity contribution in [3.63, 3.8) is 0 Å². The van der Waals surface area contributed by atoms with Crippen LogP contribution in [-0.2, 0) is 4.79 Å². The van der Waals surface area contributed by atoms with Gasteiger partial charge in [0, 0.05) is 43.5 Å². The molecule has 0 saturated carbocycles. The van der Waals surface area contributed by atoms with E-state index in [1.54, 1.807) is 27.8 Å². The van der Waals surface area contributed by atoms with Gasteiger partial charge < -0.3 is 9.80 Å². The van der Waals surface area contributed by atoms with Crippen molar-refractivity contribution in [3.05, 3.63) is 71.3 Å². The Labute approximate surface area is 174 Å². The van der Waals surface area contributed by atoms with Crippen LogP contribution in [0.25, 0.3) is 11.9 Å². The summed E-state index contributed by atoms with van der Waals surface area (Å²) in [7, 11) is 0. The highest BCUT2D eigenvalue weighted by Gasteiger charge is 2.21. The Bertz CT molecular complexity index is 1070. The molecule has 1 fully saturated rings. The minimum absolute atomic E-state index is 0.121. The highest BCUT2D eigenvalue weighted by Crippen LogP contribution is 2.16. The van der Waals surface area contributed by atoms with Gasteiger partial charge in [-0.3, -0.25) is 4.79 Å². The molecule has 1 aromatic carbocycles. The minimum atomic E-state index is -0.339. The Morgan fingerprint density at radius 1 is 1.00 bits per heavy atom. The van der Waals surface area contributed by atoms with Crippen molar-refractivity contribution in [2.75, 3.05) is 31.1 Å². The number of amides is 1. The quantitative estimate of drug-likeness (QED) is 0.624. The van der Waals surface area contributed by atoms with E-state index in [9.17, 15) is 9.18 Å². The standard InChI is InChI=1S/C22H23FN6O/c1-16-15-17(2)29(26-16)21-9-8-20(24-25-21)27-11-13-28(14-12-27)22(30)10-7-18-5-3-4-6-19(18)23/h3-10,15H,11-14H2,1-2H3/b10-7+. The fourth-order valence-electron chi connectivity index (χ4n) is 3.49. The van der Waals surface area contributed by atoms with Crippen LogP contribution in [0.2, 0.25) is 0 Å². The molecule has 1 aliphatic rings. The molecule has 1 amide bonds. The molecule has 1 saturated heterocycles. The number of hydrogen-bond acceptors (Lipinski definition) is 5. The van der Waals surface area contributed by atoms with Crippen LogP contribution in [0.3, 0.4) is 0 Å². The van der Waals surface area contributed by atoms with Crippen LogP contribution < -0.4 is 4.90 Å². The predicted octanol–water partition coefficient (Wildman–Crippen LogP) is 2.78. The molecule has 154 valence electrons. The molecule has 0 aliphatic carbocycles. The molecule has 0 bridgehead atoms. The Balaban J connectivity index is 1.36. The number of halogens is 1. The van der Waals surface area contributed by atoms with Crippen molar-refractivity contribution < 1.29 is 9.18 Å². The Morgan fingerprint density at radius 2 is 1.70 bits per heavy atom. The Morgan fingerprint density at radius 3 is 2.33 bits per heavy atom. The third-order valence-corrected chi connectivity index (χ3v) is 5.09. The zero-order valence-corrected chi connectivity index (χ0v) is 17.0. The second-order valence-electron chi connectivity index (χ2n) is 7.26. The molecule has 4 rings (SSSR count). The van der Waals surface area contributed by atoms with E-state index in [2.05, 4.69) is 20.2 Å². The molecule has 0 N–H and O–H groups in total. The number of carbonyl (C=O) groups excluding carboxylic acids is 1. The number of nitrogens with zero attached hydrogens (tertiary/aromatic N) is 6. The van der Waals surface area contributed by atoms with E-state index < -0.39 is 0 Å². The summed E-state index contributed by atoms with van der Waals surface area (Å²) in [5.74, 6) is 0.989. The number of aryl methyl sites for hydroxylation is 2. The molecule has 0 radical (unpaired) electrons. The number of hydrogen-bond donors (Lipinski definition) is 0. The van der Waals surface area contributed by atoms with Crippen molar-refractivity contribution in [3.8, 4) is 5.82 Å². The second-order valence-corrected chi connectivity index (χ2v) is 7.26. The van der Waals surface area contributed by atoms with Gasteiger partial charge >= 0.3 is 0 Å². The first kappa shape index (κ1) is 19.8. The molecular formula is C22H23FN6O. The molecule has 3 aromatic rings. The van der Waals surface area contributed by atoms with E-state index in [0.29, 0.717) is 37.6 Å². The zero-order valence-electron chi connectivity index (χ0n) is 17.0. The Kier molecular flexibility index (Phi) is 5.56. The van der Waals surface area contributed by atoms with Crippen LogP contribution in [0.1, 0.15) is 17.0 Å². The first-order valence-electron chi connectivity index (χ1n) is 9.85. The average Bonchev–Trinajstić information content (AvgIpc) is 3.11. The summed E-state index contributed by atoms with van der Waals surface area (Å²) in [4.78, 5) is 16.3. The summed E-state index contributed by atoms with van der Waals surface area (Å²) in [6.07, 6.45) is 2.95. The lowest BCUT2D eigenvalue weighted by molar-refractivity contribution is -0.126. The summed E-state index contributed by atoms with van der Waals surface area (Å²) in [6.45, 7) is 6.38. The molecule has 3 heterocycles. The summed E-state index contributed by atoms with van der Waals surface area (Å²) in [6, 6.07) is 12.2. The largest absolute Gasteiger partial charge is 0.352 e. The van der Waals surface area contributed by atoms with Gasteiger partial charge in [-0.2, -0.15) is 5.10 Å². The number of anilines is 1. The normalized spacial score (nSPS) is 14.5. The van der Waals surface area contributed by atoms with E-state index in [-0.39, 0.29) is 11.7 Å².